The van der Waals surface area contributed by atoms with Gasteiger partial charge in [0.05, 0.1) is 19.8 Å². The molecule has 20 nitrogen and oxygen atoms in total. The molecule has 0 aromatic heterocycles. The summed E-state index contributed by atoms with van der Waals surface area (Å²) >= 11 is 0. The van der Waals surface area contributed by atoms with E-state index >= 15 is 0 Å². The Morgan fingerprint density at radius 1 is 0.841 bits per heavy atom. The minimum Gasteiger partial charge on any atom is -0.550 e. The number of carboxylic acids is 2. The van der Waals surface area contributed by atoms with Crippen LogP contribution in [0.4, 0.5) is 0 Å². The Balaban J connectivity index is 2.35. The van der Waals surface area contributed by atoms with Crippen molar-refractivity contribution in [1.82, 2.24) is 0 Å². The summed E-state index contributed by atoms with van der Waals surface area (Å²) in [4.78, 5) is 34.4. The molecular formula is C24H38O20-2. The highest BCUT2D eigenvalue weighted by Gasteiger charge is 2.48. The van der Waals surface area contributed by atoms with Gasteiger partial charge in [-0.15, -0.1) is 0 Å². The maximum Gasteiger partial charge on any atom is 0.187 e. The number of aldehydes is 1. The van der Waals surface area contributed by atoms with Crippen molar-refractivity contribution in [2.45, 2.75) is 105 Å². The van der Waals surface area contributed by atoms with Crippen molar-refractivity contribution in [3.8, 4) is 0 Å². The van der Waals surface area contributed by atoms with Gasteiger partial charge in [-0.25, -0.2) is 0 Å². The van der Waals surface area contributed by atoms with Crippen LogP contribution in [0.15, 0.2) is 0 Å². The zero-order valence-electron chi connectivity index (χ0n) is 23.0. The van der Waals surface area contributed by atoms with Gasteiger partial charge in [-0.05, 0) is 19.3 Å². The third-order valence-corrected chi connectivity index (χ3v) is 7.13. The van der Waals surface area contributed by atoms with Gasteiger partial charge in [0.1, 0.15) is 67.1 Å². The largest absolute Gasteiger partial charge is 0.550 e. The molecule has 2 heterocycles. The highest BCUT2D eigenvalue weighted by Crippen LogP contribution is 2.28. The number of carbonyl (C=O) groups excluding carboxylic acids is 3. The van der Waals surface area contributed by atoms with Gasteiger partial charge in [0, 0.05) is 17.9 Å². The Morgan fingerprint density at radius 3 is 2.00 bits per heavy atom. The number of hydrogen-bond donors (Lipinski definition) is 10. The van der Waals surface area contributed by atoms with Gasteiger partial charge >= 0.3 is 0 Å². The van der Waals surface area contributed by atoms with Crippen LogP contribution in [0.5, 0.6) is 0 Å². The van der Waals surface area contributed by atoms with Gasteiger partial charge in [-0.1, -0.05) is 0 Å². The van der Waals surface area contributed by atoms with Gasteiger partial charge in [-0.2, -0.15) is 0 Å². The molecule has 0 saturated carbocycles. The van der Waals surface area contributed by atoms with Crippen LogP contribution in [-0.4, -0.2) is 175 Å². The minimum absolute atomic E-state index is 0.0187. The number of ether oxygens (including phenoxy) is 5. The van der Waals surface area contributed by atoms with E-state index < -0.39 is 143 Å². The second-order valence-electron chi connectivity index (χ2n) is 10.2. The fraction of sp³-hybridized carbons (Fsp3) is 0.875. The van der Waals surface area contributed by atoms with E-state index in [1.807, 2.05) is 0 Å². The molecule has 0 aromatic rings. The number of carboxylic acid groups (broad SMARTS) is 2. The monoisotopic (exact) mass is 646 g/mol. The molecule has 20 heteroatoms. The molecule has 2 fully saturated rings. The van der Waals surface area contributed by atoms with Crippen LogP contribution < -0.4 is 10.2 Å². The van der Waals surface area contributed by atoms with E-state index in [0.29, 0.717) is 0 Å². The second-order valence-corrected chi connectivity index (χ2v) is 10.2. The second kappa shape index (κ2) is 17.6. The van der Waals surface area contributed by atoms with Crippen LogP contribution in [0, 0.1) is 5.92 Å². The average Bonchev–Trinajstić information content (AvgIpc) is 2.99. The first-order valence-corrected chi connectivity index (χ1v) is 13.4. The van der Waals surface area contributed by atoms with Crippen LogP contribution in [-0.2, 0) is 38.1 Å². The number of aliphatic hydroxyl groups excluding tert-OH is 10. The molecule has 44 heavy (non-hydrogen) atoms. The van der Waals surface area contributed by atoms with Crippen molar-refractivity contribution >= 4 is 18.2 Å². The third kappa shape index (κ3) is 9.75. The molecule has 4 unspecified atom stereocenters. The molecule has 0 aliphatic carbocycles. The Morgan fingerprint density at radius 2 is 1.48 bits per heavy atom. The van der Waals surface area contributed by atoms with Crippen LogP contribution >= 0.6 is 0 Å². The maximum absolute atomic E-state index is 12.0. The smallest absolute Gasteiger partial charge is 0.187 e. The Hall–Kier alpha value is -1.99. The molecule has 0 radical (unpaired) electrons. The fourth-order valence-corrected chi connectivity index (χ4v) is 4.57. The Kier molecular flexibility index (Phi) is 15.3. The van der Waals surface area contributed by atoms with Crippen molar-refractivity contribution in [3.05, 3.63) is 0 Å². The summed E-state index contributed by atoms with van der Waals surface area (Å²) < 4.78 is 26.4. The van der Waals surface area contributed by atoms with E-state index in [0.717, 1.165) is 0 Å². The molecule has 2 rings (SSSR count). The Bertz CT molecular complexity index is 903. The topological polar surface area (TPSA) is 346 Å². The summed E-state index contributed by atoms with van der Waals surface area (Å²) in [5, 5.41) is 123. The summed E-state index contributed by atoms with van der Waals surface area (Å²) in [6.07, 6.45) is -28.8. The number of aliphatic carboxylic acids is 2. The van der Waals surface area contributed by atoms with Gasteiger partial charge < -0.3 is 99.3 Å². The van der Waals surface area contributed by atoms with Crippen molar-refractivity contribution in [2.75, 3.05) is 19.8 Å². The summed E-state index contributed by atoms with van der Waals surface area (Å²) in [6, 6.07) is 0. The summed E-state index contributed by atoms with van der Waals surface area (Å²) in [5.74, 6) is -5.08. The Labute approximate surface area is 249 Å². The molecular weight excluding hydrogens is 608 g/mol. The SMILES string of the molecule is O=C[C@H](OC1O[C@H](CO)[C@@H](O)[C@H](O)[C@H]1O)[C@@H](CO)OC(O[C@H]1[C@H](O)[C@@H](O)[C@@H](O)O[C@@H]1CO)C(O)CC(CCC(=O)[O-])C(=O)[O-]. The van der Waals surface area contributed by atoms with Crippen LogP contribution in [0.3, 0.4) is 0 Å². The first-order valence-electron chi connectivity index (χ1n) is 13.4. The summed E-state index contributed by atoms with van der Waals surface area (Å²) in [5.41, 5.74) is 0. The van der Waals surface area contributed by atoms with Crippen molar-refractivity contribution < 1.29 is 99.3 Å². The van der Waals surface area contributed by atoms with Gasteiger partial charge in [0.2, 0.25) is 0 Å². The van der Waals surface area contributed by atoms with Crippen molar-refractivity contribution in [2.24, 2.45) is 5.92 Å². The predicted molar refractivity (Wildman–Crippen MR) is 129 cm³/mol. The lowest BCUT2D eigenvalue weighted by Crippen LogP contribution is -2.61. The lowest BCUT2D eigenvalue weighted by Gasteiger charge is -2.43. The normalized spacial score (nSPS) is 36.1. The molecule has 10 N–H and O–H groups in total. The zero-order valence-corrected chi connectivity index (χ0v) is 23.0. The van der Waals surface area contributed by atoms with Gasteiger partial charge in [-0.3, -0.25) is 0 Å². The third-order valence-electron chi connectivity index (χ3n) is 7.13. The highest BCUT2D eigenvalue weighted by molar-refractivity contribution is 5.69. The number of aliphatic hydroxyl groups is 10. The van der Waals surface area contributed by atoms with Gasteiger partial charge in [0.15, 0.2) is 25.2 Å². The van der Waals surface area contributed by atoms with E-state index in [1.54, 1.807) is 0 Å². The molecule has 0 amide bonds. The highest BCUT2D eigenvalue weighted by atomic mass is 16.7. The van der Waals surface area contributed by atoms with Crippen molar-refractivity contribution in [3.63, 3.8) is 0 Å². The molecule has 256 valence electrons. The first kappa shape index (κ1) is 38.2. The summed E-state index contributed by atoms with van der Waals surface area (Å²) in [7, 11) is 0. The lowest BCUT2D eigenvalue weighted by atomic mass is 9.95. The molecule has 0 bridgehead atoms. The van der Waals surface area contributed by atoms with Crippen LogP contribution in [0.1, 0.15) is 19.3 Å². The molecule has 2 aliphatic heterocycles. The zero-order chi connectivity index (χ0) is 33.3. The molecule has 0 aromatic carbocycles. The van der Waals surface area contributed by atoms with Crippen molar-refractivity contribution in [1.29, 1.82) is 0 Å². The lowest BCUT2D eigenvalue weighted by molar-refractivity contribution is -0.343. The van der Waals surface area contributed by atoms with E-state index in [-0.39, 0.29) is 6.29 Å². The van der Waals surface area contributed by atoms with Crippen LogP contribution in [0.2, 0.25) is 0 Å². The van der Waals surface area contributed by atoms with E-state index in [1.165, 1.54) is 0 Å². The minimum atomic E-state index is -2.18. The van der Waals surface area contributed by atoms with Gasteiger partial charge in [0.25, 0.3) is 0 Å². The van der Waals surface area contributed by atoms with E-state index in [2.05, 4.69) is 0 Å². The predicted octanol–water partition coefficient (Wildman–Crippen LogP) is -9.46. The standard InChI is InChI=1S/C24H40O20/c25-4-10(11(5-26)42-24-19(36)16(33)15(32)12(6-27)43-24)41-23(9(29)3-8(21(37)38)1-2-14(30)31)44-20-13(7-28)40-22(39)18(35)17(20)34/h5,8-13,15-20,22-25,27-29,32-36,39H,1-4,6-7H2,(H,30,31)(H,37,38)/p-2/t8?,9?,10-,11+,12-,13-,15-,16+,17-,18-,19-,20-,22+,23?,24?/m1/s1. The summed E-state index contributed by atoms with van der Waals surface area (Å²) in [6.45, 7) is -2.92. The molecule has 0 spiro atoms. The average molecular weight is 647 g/mol. The first-order chi connectivity index (χ1) is 20.7. The molecule has 2 aliphatic rings. The molecule has 2 saturated heterocycles. The quantitative estimate of drug-likeness (QED) is 0.0488. The number of rotatable bonds is 18. The maximum atomic E-state index is 12.0. The fourth-order valence-electron chi connectivity index (χ4n) is 4.57. The van der Waals surface area contributed by atoms with Crippen LogP contribution in [0.25, 0.3) is 0 Å². The molecule has 15 atom stereocenters. The van der Waals surface area contributed by atoms with E-state index in [9.17, 15) is 75.7 Å². The number of hydrogen-bond acceptors (Lipinski definition) is 20. The number of carbonyl (C=O) groups is 3. The van der Waals surface area contributed by atoms with E-state index in [4.69, 9.17) is 23.7 Å².